The van der Waals surface area contributed by atoms with Crippen molar-refractivity contribution in [3.8, 4) is 5.75 Å². The molecule has 3 rings (SSSR count). The number of aliphatic hydroxyl groups is 1. The number of aryl methyl sites for hydroxylation is 1. The molecule has 98 valence electrons. The van der Waals surface area contributed by atoms with Gasteiger partial charge >= 0.3 is 0 Å². The van der Waals surface area contributed by atoms with Crippen molar-refractivity contribution in [1.29, 1.82) is 0 Å². The molecule has 0 aliphatic carbocycles. The maximum atomic E-state index is 10.3. The fourth-order valence-corrected chi connectivity index (χ4v) is 2.64. The van der Waals surface area contributed by atoms with Gasteiger partial charge in [0.05, 0.1) is 6.10 Å². The van der Waals surface area contributed by atoms with E-state index in [0.29, 0.717) is 6.42 Å². The van der Waals surface area contributed by atoms with E-state index >= 15 is 0 Å². The van der Waals surface area contributed by atoms with Crippen LogP contribution in [0.5, 0.6) is 5.75 Å². The van der Waals surface area contributed by atoms with Crippen molar-refractivity contribution in [2.45, 2.75) is 32.0 Å². The van der Waals surface area contributed by atoms with E-state index in [0.717, 1.165) is 17.7 Å². The molecule has 2 atom stereocenters. The van der Waals surface area contributed by atoms with E-state index < -0.39 is 6.10 Å². The lowest BCUT2D eigenvalue weighted by Gasteiger charge is -2.18. The minimum absolute atomic E-state index is 0.127. The molecule has 2 aromatic carbocycles. The second-order valence-electron chi connectivity index (χ2n) is 5.23. The summed E-state index contributed by atoms with van der Waals surface area (Å²) in [5.41, 5.74) is 3.57. The number of aliphatic hydroxyl groups excluding tert-OH is 1. The van der Waals surface area contributed by atoms with Crippen LogP contribution in [-0.4, -0.2) is 17.3 Å². The zero-order valence-corrected chi connectivity index (χ0v) is 11.0. The maximum absolute atomic E-state index is 10.3. The second-order valence-corrected chi connectivity index (χ2v) is 5.23. The van der Waals surface area contributed by atoms with Crippen molar-refractivity contribution in [2.75, 3.05) is 0 Å². The van der Waals surface area contributed by atoms with Crippen LogP contribution in [0.25, 0.3) is 0 Å². The lowest BCUT2D eigenvalue weighted by molar-refractivity contribution is 0.0503. The van der Waals surface area contributed by atoms with Gasteiger partial charge in [-0.2, -0.15) is 0 Å². The van der Waals surface area contributed by atoms with E-state index in [1.54, 1.807) is 0 Å². The quantitative estimate of drug-likeness (QED) is 0.912. The first kappa shape index (κ1) is 12.2. The highest BCUT2D eigenvalue weighted by Crippen LogP contribution is 2.30. The number of fused-ring (bicyclic) bond motifs is 1. The van der Waals surface area contributed by atoms with Gasteiger partial charge in [0.25, 0.3) is 0 Å². The molecule has 2 aromatic rings. The minimum Gasteiger partial charge on any atom is -0.487 e. The maximum Gasteiger partial charge on any atom is 0.129 e. The van der Waals surface area contributed by atoms with Crippen LogP contribution < -0.4 is 4.74 Å². The predicted octanol–water partition coefficient (Wildman–Crippen LogP) is 2.90. The van der Waals surface area contributed by atoms with Crippen LogP contribution >= 0.6 is 0 Å². The first-order chi connectivity index (χ1) is 9.22. The Kier molecular flexibility index (Phi) is 3.26. The Balaban J connectivity index is 1.68. The van der Waals surface area contributed by atoms with Crippen LogP contribution in [0.4, 0.5) is 0 Å². The molecule has 2 nitrogen and oxygen atoms in total. The predicted molar refractivity (Wildman–Crippen MR) is 75.5 cm³/mol. The number of benzene rings is 2. The van der Waals surface area contributed by atoms with E-state index in [1.165, 1.54) is 11.1 Å². The Morgan fingerprint density at radius 2 is 2.05 bits per heavy atom. The molecule has 0 aromatic heterocycles. The average Bonchev–Trinajstić information content (AvgIpc) is 2.82. The van der Waals surface area contributed by atoms with Crippen molar-refractivity contribution in [2.24, 2.45) is 0 Å². The first-order valence-electron chi connectivity index (χ1n) is 6.70. The average molecular weight is 254 g/mol. The zero-order chi connectivity index (χ0) is 13.2. The van der Waals surface area contributed by atoms with E-state index in [1.807, 2.05) is 24.3 Å². The summed E-state index contributed by atoms with van der Waals surface area (Å²) in [6.07, 6.45) is 0.843. The third-order valence-corrected chi connectivity index (χ3v) is 3.63. The molecule has 1 aliphatic rings. The molecule has 2 unspecified atom stereocenters. The molecule has 0 saturated heterocycles. The van der Waals surface area contributed by atoms with Crippen molar-refractivity contribution in [3.63, 3.8) is 0 Å². The van der Waals surface area contributed by atoms with Crippen molar-refractivity contribution in [1.82, 2.24) is 0 Å². The number of hydrogen-bond donors (Lipinski definition) is 1. The highest BCUT2D eigenvalue weighted by atomic mass is 16.5. The SMILES string of the molecule is Cc1cccc(CC(O)C2Cc3ccccc3O2)c1. The van der Waals surface area contributed by atoms with Gasteiger partial charge in [-0.3, -0.25) is 0 Å². The van der Waals surface area contributed by atoms with Crippen LogP contribution in [0.2, 0.25) is 0 Å². The van der Waals surface area contributed by atoms with Crippen LogP contribution in [0.3, 0.4) is 0 Å². The second kappa shape index (κ2) is 5.06. The largest absolute Gasteiger partial charge is 0.487 e. The fraction of sp³-hybridized carbons (Fsp3) is 0.294. The molecule has 1 heterocycles. The zero-order valence-electron chi connectivity index (χ0n) is 11.0. The van der Waals surface area contributed by atoms with Gasteiger partial charge in [-0.05, 0) is 24.1 Å². The highest BCUT2D eigenvalue weighted by Gasteiger charge is 2.28. The summed E-state index contributed by atoms with van der Waals surface area (Å²) in [6, 6.07) is 16.3. The van der Waals surface area contributed by atoms with Crippen LogP contribution in [0, 0.1) is 6.92 Å². The van der Waals surface area contributed by atoms with E-state index in [2.05, 4.69) is 31.2 Å². The van der Waals surface area contributed by atoms with Crippen molar-refractivity contribution >= 4 is 0 Å². The molecule has 19 heavy (non-hydrogen) atoms. The number of ether oxygens (including phenoxy) is 1. The molecule has 0 bridgehead atoms. The van der Waals surface area contributed by atoms with E-state index in [-0.39, 0.29) is 6.10 Å². The van der Waals surface area contributed by atoms with Gasteiger partial charge in [0.1, 0.15) is 11.9 Å². The Morgan fingerprint density at radius 3 is 2.84 bits per heavy atom. The Morgan fingerprint density at radius 1 is 1.21 bits per heavy atom. The molecule has 0 fully saturated rings. The molecular formula is C17H18O2. The van der Waals surface area contributed by atoms with E-state index in [4.69, 9.17) is 4.74 Å². The smallest absolute Gasteiger partial charge is 0.129 e. The Labute approximate surface area is 113 Å². The van der Waals surface area contributed by atoms with Crippen molar-refractivity contribution < 1.29 is 9.84 Å². The lowest BCUT2D eigenvalue weighted by Crippen LogP contribution is -2.31. The Bertz CT molecular complexity index is 552. The van der Waals surface area contributed by atoms with Gasteiger partial charge in [0, 0.05) is 12.8 Å². The molecule has 0 saturated carbocycles. The van der Waals surface area contributed by atoms with Gasteiger partial charge in [0.2, 0.25) is 0 Å². The monoisotopic (exact) mass is 254 g/mol. The van der Waals surface area contributed by atoms with Gasteiger partial charge in [-0.25, -0.2) is 0 Å². The summed E-state index contributed by atoms with van der Waals surface area (Å²) in [7, 11) is 0. The van der Waals surface area contributed by atoms with Gasteiger partial charge in [-0.1, -0.05) is 48.0 Å². The van der Waals surface area contributed by atoms with Gasteiger partial charge in [0.15, 0.2) is 0 Å². The lowest BCUT2D eigenvalue weighted by atomic mass is 9.99. The standard InChI is InChI=1S/C17H18O2/c1-12-5-4-6-13(9-12)10-15(18)17-11-14-7-2-3-8-16(14)19-17/h2-9,15,17-18H,10-11H2,1H3. The minimum atomic E-state index is -0.464. The van der Waals surface area contributed by atoms with Gasteiger partial charge < -0.3 is 9.84 Å². The molecule has 1 aliphatic heterocycles. The fourth-order valence-electron chi connectivity index (χ4n) is 2.64. The normalized spacial score (nSPS) is 18.7. The summed E-state index contributed by atoms with van der Waals surface area (Å²) < 4.78 is 5.82. The molecule has 2 heteroatoms. The highest BCUT2D eigenvalue weighted by molar-refractivity contribution is 5.37. The molecular weight excluding hydrogens is 236 g/mol. The van der Waals surface area contributed by atoms with Crippen LogP contribution in [0.15, 0.2) is 48.5 Å². The van der Waals surface area contributed by atoms with Crippen molar-refractivity contribution in [3.05, 3.63) is 65.2 Å². The number of hydrogen-bond acceptors (Lipinski definition) is 2. The van der Waals surface area contributed by atoms with Crippen LogP contribution in [0.1, 0.15) is 16.7 Å². The molecule has 1 N–H and O–H groups in total. The summed E-state index contributed by atoms with van der Waals surface area (Å²) in [4.78, 5) is 0. The summed E-state index contributed by atoms with van der Waals surface area (Å²) in [6.45, 7) is 2.07. The van der Waals surface area contributed by atoms with Gasteiger partial charge in [-0.15, -0.1) is 0 Å². The third-order valence-electron chi connectivity index (χ3n) is 3.63. The summed E-state index contributed by atoms with van der Waals surface area (Å²) in [5.74, 6) is 0.913. The summed E-state index contributed by atoms with van der Waals surface area (Å²) >= 11 is 0. The molecule has 0 radical (unpaired) electrons. The molecule has 0 amide bonds. The van der Waals surface area contributed by atoms with Crippen LogP contribution in [-0.2, 0) is 12.8 Å². The third kappa shape index (κ3) is 2.64. The summed E-state index contributed by atoms with van der Waals surface area (Å²) in [5, 5.41) is 10.3. The Hall–Kier alpha value is -1.80. The van der Waals surface area contributed by atoms with E-state index in [9.17, 15) is 5.11 Å². The number of para-hydroxylation sites is 1. The number of rotatable bonds is 3. The first-order valence-corrected chi connectivity index (χ1v) is 6.70. The molecule has 0 spiro atoms. The topological polar surface area (TPSA) is 29.5 Å².